The number of carbonyl (C=O) groups excluding carboxylic acids is 2. The molecule has 1 fully saturated rings. The molecule has 0 unspecified atom stereocenters. The molecule has 0 aromatic rings. The minimum Gasteiger partial charge on any atom is -0.272 e. The van der Waals surface area contributed by atoms with E-state index >= 15 is 0 Å². The highest BCUT2D eigenvalue weighted by molar-refractivity contribution is 6.13. The molecule has 0 saturated heterocycles. The van der Waals surface area contributed by atoms with Gasteiger partial charge in [0.1, 0.15) is 0 Å². The summed E-state index contributed by atoms with van der Waals surface area (Å²) in [6, 6.07) is 0. The molecule has 0 spiro atoms. The molecule has 2 aliphatic rings. The molecule has 4 heteroatoms. The third kappa shape index (κ3) is 1.92. The Morgan fingerprint density at radius 2 is 2.19 bits per heavy atom. The normalized spacial score (nSPS) is 24.6. The van der Waals surface area contributed by atoms with Crippen LogP contribution < -0.4 is 0 Å². The summed E-state index contributed by atoms with van der Waals surface area (Å²) in [5.74, 6) is -0.560. The number of rotatable bonds is 3. The molecule has 2 rings (SSSR count). The molecule has 1 atom stereocenters. The van der Waals surface area contributed by atoms with Crippen molar-refractivity contribution >= 4 is 17.5 Å². The van der Waals surface area contributed by atoms with Crippen molar-refractivity contribution in [2.45, 2.75) is 33.1 Å². The Balaban J connectivity index is 2.11. The van der Waals surface area contributed by atoms with Gasteiger partial charge in [-0.15, -0.1) is 6.58 Å². The maximum absolute atomic E-state index is 12.0. The van der Waals surface area contributed by atoms with E-state index in [1.54, 1.807) is 6.92 Å². The van der Waals surface area contributed by atoms with E-state index in [4.69, 9.17) is 0 Å². The van der Waals surface area contributed by atoms with Crippen molar-refractivity contribution in [2.24, 2.45) is 16.9 Å². The zero-order valence-electron chi connectivity index (χ0n) is 9.69. The van der Waals surface area contributed by atoms with Crippen LogP contribution in [0.1, 0.15) is 33.1 Å². The first-order valence-electron chi connectivity index (χ1n) is 5.58. The van der Waals surface area contributed by atoms with Gasteiger partial charge in [-0.1, -0.05) is 5.57 Å². The number of hydrogen-bond donors (Lipinski definition) is 0. The summed E-state index contributed by atoms with van der Waals surface area (Å²) in [4.78, 5) is 23.7. The van der Waals surface area contributed by atoms with Gasteiger partial charge in [0.15, 0.2) is 0 Å². The van der Waals surface area contributed by atoms with Gasteiger partial charge in [0.25, 0.3) is 11.8 Å². The predicted molar refractivity (Wildman–Crippen MR) is 60.6 cm³/mol. The van der Waals surface area contributed by atoms with Gasteiger partial charge in [0, 0.05) is 11.6 Å². The van der Waals surface area contributed by atoms with Gasteiger partial charge in [-0.2, -0.15) is 10.1 Å². The zero-order chi connectivity index (χ0) is 11.9. The van der Waals surface area contributed by atoms with Crippen molar-refractivity contribution < 1.29 is 9.59 Å². The minimum atomic E-state index is -0.278. The highest BCUT2D eigenvalue weighted by Gasteiger charge is 2.42. The van der Waals surface area contributed by atoms with Crippen LogP contribution in [0.3, 0.4) is 0 Å². The van der Waals surface area contributed by atoms with Gasteiger partial charge in [-0.05, 0) is 33.1 Å². The molecular formula is C12H16N2O2. The summed E-state index contributed by atoms with van der Waals surface area (Å²) >= 11 is 0. The average molecular weight is 220 g/mol. The van der Waals surface area contributed by atoms with Crippen molar-refractivity contribution in [2.75, 3.05) is 0 Å². The topological polar surface area (TPSA) is 49.7 Å². The molecule has 0 aromatic carbocycles. The van der Waals surface area contributed by atoms with Crippen LogP contribution in [0.25, 0.3) is 0 Å². The monoisotopic (exact) mass is 220 g/mol. The predicted octanol–water partition coefficient (Wildman–Crippen LogP) is 1.72. The lowest BCUT2D eigenvalue weighted by atomic mass is 9.97. The standard InChI is InChI=1S/C12H16N2O2/c1-7(2)6-10-8(3)13-14(12(10)16)11(15)9-4-5-9/h9-10H,1,4-6H2,2-3H3/t10-/m1/s1. The van der Waals surface area contributed by atoms with E-state index in [1.807, 2.05) is 6.92 Å². The molecule has 1 heterocycles. The SMILES string of the molecule is C=C(C)C[C@H]1C(=O)N(C(=O)C2CC2)N=C1C. The smallest absolute Gasteiger partial charge is 0.259 e. The third-order valence-electron chi connectivity index (χ3n) is 2.96. The van der Waals surface area contributed by atoms with Gasteiger partial charge in [-0.25, -0.2) is 0 Å². The fourth-order valence-electron chi connectivity index (χ4n) is 1.85. The van der Waals surface area contributed by atoms with E-state index in [-0.39, 0.29) is 23.7 Å². The number of imide groups is 1. The molecule has 1 aliphatic carbocycles. The van der Waals surface area contributed by atoms with Crippen molar-refractivity contribution in [1.82, 2.24) is 5.01 Å². The molecular weight excluding hydrogens is 204 g/mol. The Morgan fingerprint density at radius 1 is 1.56 bits per heavy atom. The van der Waals surface area contributed by atoms with E-state index in [0.29, 0.717) is 6.42 Å². The number of amides is 2. The largest absolute Gasteiger partial charge is 0.272 e. The molecule has 0 radical (unpaired) electrons. The van der Waals surface area contributed by atoms with Crippen LogP contribution in [0.15, 0.2) is 17.3 Å². The van der Waals surface area contributed by atoms with E-state index in [9.17, 15) is 9.59 Å². The number of nitrogens with zero attached hydrogens (tertiary/aromatic N) is 2. The van der Waals surface area contributed by atoms with E-state index < -0.39 is 0 Å². The lowest BCUT2D eigenvalue weighted by Gasteiger charge is -2.12. The van der Waals surface area contributed by atoms with E-state index in [1.165, 1.54) is 0 Å². The highest BCUT2D eigenvalue weighted by atomic mass is 16.2. The minimum absolute atomic E-state index is 0.0316. The highest BCUT2D eigenvalue weighted by Crippen LogP contribution is 2.33. The lowest BCUT2D eigenvalue weighted by Crippen LogP contribution is -2.33. The molecule has 1 aliphatic heterocycles. The average Bonchev–Trinajstić information content (AvgIpc) is 3.00. The molecule has 86 valence electrons. The summed E-state index contributed by atoms with van der Waals surface area (Å²) in [5.41, 5.74) is 1.66. The molecule has 16 heavy (non-hydrogen) atoms. The molecule has 0 aromatic heterocycles. The van der Waals surface area contributed by atoms with Crippen molar-refractivity contribution in [3.8, 4) is 0 Å². The Labute approximate surface area is 95.0 Å². The van der Waals surface area contributed by atoms with Gasteiger partial charge in [-0.3, -0.25) is 9.59 Å². The van der Waals surface area contributed by atoms with Crippen LogP contribution >= 0.6 is 0 Å². The quantitative estimate of drug-likeness (QED) is 0.537. The fourth-order valence-corrected chi connectivity index (χ4v) is 1.85. The first kappa shape index (κ1) is 11.0. The first-order chi connectivity index (χ1) is 7.50. The molecule has 0 bridgehead atoms. The summed E-state index contributed by atoms with van der Waals surface area (Å²) in [7, 11) is 0. The number of hydrazone groups is 1. The molecule has 4 nitrogen and oxygen atoms in total. The van der Waals surface area contributed by atoms with Crippen LogP contribution in [-0.2, 0) is 9.59 Å². The van der Waals surface area contributed by atoms with E-state index in [2.05, 4.69) is 11.7 Å². The van der Waals surface area contributed by atoms with Crippen LogP contribution in [0, 0.1) is 11.8 Å². The first-order valence-corrected chi connectivity index (χ1v) is 5.58. The number of allylic oxidation sites excluding steroid dienone is 1. The zero-order valence-corrected chi connectivity index (χ0v) is 9.69. The molecule has 2 amide bonds. The summed E-state index contributed by atoms with van der Waals surface area (Å²) in [6.45, 7) is 7.47. The maximum atomic E-state index is 12.0. The van der Waals surface area contributed by atoms with Gasteiger partial charge < -0.3 is 0 Å². The Kier molecular flexibility index (Phi) is 2.66. The number of carbonyl (C=O) groups is 2. The van der Waals surface area contributed by atoms with Gasteiger partial charge in [0.2, 0.25) is 0 Å². The van der Waals surface area contributed by atoms with Crippen molar-refractivity contribution in [1.29, 1.82) is 0 Å². The molecule has 0 N–H and O–H groups in total. The second kappa shape index (κ2) is 3.85. The summed E-state index contributed by atoms with van der Waals surface area (Å²) in [6.07, 6.45) is 2.37. The van der Waals surface area contributed by atoms with Crippen LogP contribution in [0.4, 0.5) is 0 Å². The fraction of sp³-hybridized carbons (Fsp3) is 0.583. The summed E-state index contributed by atoms with van der Waals surface area (Å²) in [5, 5.41) is 5.14. The van der Waals surface area contributed by atoms with Crippen molar-refractivity contribution in [3.05, 3.63) is 12.2 Å². The second-order valence-electron chi connectivity index (χ2n) is 4.72. The Bertz CT molecular complexity index is 394. The second-order valence-corrected chi connectivity index (χ2v) is 4.72. The van der Waals surface area contributed by atoms with Gasteiger partial charge in [0.05, 0.1) is 5.92 Å². The Morgan fingerprint density at radius 3 is 2.69 bits per heavy atom. The van der Waals surface area contributed by atoms with Crippen LogP contribution in [-0.4, -0.2) is 22.5 Å². The van der Waals surface area contributed by atoms with Crippen molar-refractivity contribution in [3.63, 3.8) is 0 Å². The van der Waals surface area contributed by atoms with Crippen LogP contribution in [0.5, 0.6) is 0 Å². The lowest BCUT2D eigenvalue weighted by molar-refractivity contribution is -0.145. The van der Waals surface area contributed by atoms with Gasteiger partial charge >= 0.3 is 0 Å². The van der Waals surface area contributed by atoms with E-state index in [0.717, 1.165) is 29.1 Å². The summed E-state index contributed by atoms with van der Waals surface area (Å²) < 4.78 is 0. The Hall–Kier alpha value is -1.45. The third-order valence-corrected chi connectivity index (χ3v) is 2.96. The maximum Gasteiger partial charge on any atom is 0.259 e. The van der Waals surface area contributed by atoms with Crippen LogP contribution in [0.2, 0.25) is 0 Å². The molecule has 1 saturated carbocycles. The number of hydrogen-bond acceptors (Lipinski definition) is 3.